The van der Waals surface area contributed by atoms with E-state index < -0.39 is 0 Å². The highest BCUT2D eigenvalue weighted by Crippen LogP contribution is 2.42. The van der Waals surface area contributed by atoms with Crippen LogP contribution >= 0.6 is 0 Å². The minimum absolute atomic E-state index is 0.426. The second-order valence-corrected chi connectivity index (χ2v) is 10.6. The maximum atomic E-state index is 6.45. The summed E-state index contributed by atoms with van der Waals surface area (Å²) in [5, 5.41) is 1.10. The first-order chi connectivity index (χ1) is 18.7. The number of hydrogen-bond acceptors (Lipinski definition) is 6. The van der Waals surface area contributed by atoms with Gasteiger partial charge in [-0.3, -0.25) is 9.30 Å². The van der Waals surface area contributed by atoms with E-state index in [4.69, 9.17) is 15.7 Å². The summed E-state index contributed by atoms with van der Waals surface area (Å²) in [6.07, 6.45) is 6.09. The summed E-state index contributed by atoms with van der Waals surface area (Å²) in [5.41, 5.74) is 12.3. The number of nitrogen functional groups attached to an aromatic ring is 1. The van der Waals surface area contributed by atoms with Gasteiger partial charge in [-0.1, -0.05) is 55.5 Å². The van der Waals surface area contributed by atoms with Crippen LogP contribution in [0.25, 0.3) is 38.9 Å². The van der Waals surface area contributed by atoms with Crippen molar-refractivity contribution in [3.05, 3.63) is 78.9 Å². The van der Waals surface area contributed by atoms with Gasteiger partial charge in [0.1, 0.15) is 22.9 Å². The number of pyridine rings is 1. The Morgan fingerprint density at radius 2 is 1.68 bits per heavy atom. The lowest BCUT2D eigenvalue weighted by Crippen LogP contribution is -2.53. The van der Waals surface area contributed by atoms with Crippen LogP contribution in [-0.2, 0) is 0 Å². The molecule has 5 aromatic rings. The zero-order chi connectivity index (χ0) is 25.6. The third-order valence-corrected chi connectivity index (χ3v) is 8.49. The van der Waals surface area contributed by atoms with Gasteiger partial charge < -0.3 is 10.6 Å². The van der Waals surface area contributed by atoms with Crippen LogP contribution in [0, 0.1) is 0 Å². The van der Waals surface area contributed by atoms with E-state index in [1.165, 1.54) is 26.2 Å². The van der Waals surface area contributed by atoms with Crippen molar-refractivity contribution in [3.8, 4) is 22.5 Å². The van der Waals surface area contributed by atoms with Crippen LogP contribution in [0.5, 0.6) is 0 Å². The molecule has 0 radical (unpaired) electrons. The first kappa shape index (κ1) is 23.3. The van der Waals surface area contributed by atoms with Gasteiger partial charge in [0.15, 0.2) is 0 Å². The molecule has 38 heavy (non-hydrogen) atoms. The summed E-state index contributed by atoms with van der Waals surface area (Å²) in [7, 11) is 0. The zero-order valence-electron chi connectivity index (χ0n) is 21.8. The van der Waals surface area contributed by atoms with Crippen LogP contribution in [0.2, 0.25) is 0 Å². The van der Waals surface area contributed by atoms with Gasteiger partial charge in [-0.15, -0.1) is 0 Å². The van der Waals surface area contributed by atoms with Crippen LogP contribution in [0.4, 0.5) is 5.82 Å². The maximum Gasteiger partial charge on any atom is 0.150 e. The van der Waals surface area contributed by atoms with Crippen LogP contribution in [0.1, 0.15) is 31.5 Å². The molecule has 1 saturated heterocycles. The number of aromatic nitrogens is 4. The van der Waals surface area contributed by atoms with Crippen molar-refractivity contribution in [1.29, 1.82) is 0 Å². The van der Waals surface area contributed by atoms with E-state index >= 15 is 0 Å². The molecule has 1 aliphatic carbocycles. The molecule has 0 bridgehead atoms. The van der Waals surface area contributed by atoms with E-state index in [0.717, 1.165) is 64.1 Å². The maximum absolute atomic E-state index is 6.45. The van der Waals surface area contributed by atoms with Crippen LogP contribution in [0.3, 0.4) is 0 Å². The smallest absolute Gasteiger partial charge is 0.150 e. The predicted molar refractivity (Wildman–Crippen MR) is 153 cm³/mol. The number of anilines is 1. The van der Waals surface area contributed by atoms with E-state index in [1.807, 2.05) is 24.4 Å². The fraction of sp³-hybridized carbons (Fsp3) is 0.323. The van der Waals surface area contributed by atoms with Crippen molar-refractivity contribution in [1.82, 2.24) is 29.2 Å². The molecular weight excluding hydrogens is 470 g/mol. The number of nitrogens with two attached hydrogens (primary N) is 1. The molecule has 0 atom stereocenters. The summed E-state index contributed by atoms with van der Waals surface area (Å²) >= 11 is 0. The topological polar surface area (TPSA) is 75.6 Å². The summed E-state index contributed by atoms with van der Waals surface area (Å²) in [6, 6.07) is 21.6. The van der Waals surface area contributed by atoms with Gasteiger partial charge in [-0.25, -0.2) is 15.0 Å². The zero-order valence-corrected chi connectivity index (χ0v) is 21.8. The molecular formula is C31H33N7. The average Bonchev–Trinajstić information content (AvgIpc) is 3.33. The van der Waals surface area contributed by atoms with Gasteiger partial charge in [0, 0.05) is 67.0 Å². The fourth-order valence-electron chi connectivity index (χ4n) is 6.15. The predicted octanol–water partition coefficient (Wildman–Crippen LogP) is 5.08. The van der Waals surface area contributed by atoms with Gasteiger partial charge in [-0.2, -0.15) is 0 Å². The minimum atomic E-state index is 0.426. The van der Waals surface area contributed by atoms with Gasteiger partial charge in [0.25, 0.3) is 0 Å². The van der Waals surface area contributed by atoms with Gasteiger partial charge >= 0.3 is 0 Å². The number of imidazole rings is 1. The highest BCUT2D eigenvalue weighted by Gasteiger charge is 2.38. The monoisotopic (exact) mass is 503 g/mol. The molecule has 1 saturated carbocycles. The summed E-state index contributed by atoms with van der Waals surface area (Å²) in [6.45, 7) is 8.10. The largest absolute Gasteiger partial charge is 0.382 e. The summed E-state index contributed by atoms with van der Waals surface area (Å²) in [5.74, 6) is 2.04. The molecule has 1 aliphatic heterocycles. The molecule has 2 aliphatic rings. The Hall–Kier alpha value is -3.81. The molecule has 0 spiro atoms. The Morgan fingerprint density at radius 1 is 0.895 bits per heavy atom. The number of piperazine rings is 1. The number of likely N-dealkylation sites (N-methyl/N-ethyl adjacent to an activating group) is 1. The first-order valence-electron chi connectivity index (χ1n) is 13.7. The van der Waals surface area contributed by atoms with Crippen molar-refractivity contribution in [2.75, 3.05) is 38.5 Å². The molecule has 3 aromatic heterocycles. The molecule has 2 aromatic carbocycles. The third-order valence-electron chi connectivity index (χ3n) is 8.49. The van der Waals surface area contributed by atoms with Crippen molar-refractivity contribution in [2.24, 2.45) is 0 Å². The second kappa shape index (κ2) is 9.49. The van der Waals surface area contributed by atoms with Crippen molar-refractivity contribution >= 4 is 22.2 Å². The highest BCUT2D eigenvalue weighted by atomic mass is 15.3. The third kappa shape index (κ3) is 4.03. The molecule has 192 valence electrons. The number of rotatable bonds is 5. The molecule has 0 amide bonds. The van der Waals surface area contributed by atoms with Gasteiger partial charge in [0.2, 0.25) is 0 Å². The van der Waals surface area contributed by atoms with Gasteiger partial charge in [0.05, 0.1) is 11.2 Å². The van der Waals surface area contributed by atoms with Crippen molar-refractivity contribution in [2.45, 2.75) is 31.7 Å². The molecule has 2 fully saturated rings. The summed E-state index contributed by atoms with van der Waals surface area (Å²) < 4.78 is 2.17. The first-order valence-corrected chi connectivity index (χ1v) is 13.7. The second-order valence-electron chi connectivity index (χ2n) is 10.6. The molecule has 2 N–H and O–H groups in total. The normalized spacial score (nSPS) is 20.7. The Bertz CT molecular complexity index is 1600. The lowest BCUT2D eigenvalue weighted by molar-refractivity contribution is 0.0517. The number of hydrogen-bond donors (Lipinski definition) is 1. The van der Waals surface area contributed by atoms with Gasteiger partial charge in [-0.05, 0) is 31.5 Å². The van der Waals surface area contributed by atoms with Crippen LogP contribution in [-0.4, -0.2) is 67.9 Å². The Kier molecular flexibility index (Phi) is 5.82. The minimum Gasteiger partial charge on any atom is -0.382 e. The summed E-state index contributed by atoms with van der Waals surface area (Å²) in [4.78, 5) is 19.8. The van der Waals surface area contributed by atoms with E-state index in [2.05, 4.69) is 68.6 Å². The van der Waals surface area contributed by atoms with Crippen molar-refractivity contribution in [3.63, 3.8) is 0 Å². The number of fused-ring (bicyclic) bond motifs is 2. The quantitative estimate of drug-likeness (QED) is 0.361. The average molecular weight is 504 g/mol. The fourth-order valence-corrected chi connectivity index (χ4v) is 6.15. The van der Waals surface area contributed by atoms with Crippen LogP contribution in [0.15, 0.2) is 73.1 Å². The Balaban J connectivity index is 1.22. The van der Waals surface area contributed by atoms with E-state index in [1.54, 1.807) is 6.20 Å². The number of nitrogens with zero attached hydrogens (tertiary/aromatic N) is 6. The SMILES string of the molecule is CCN1CCN([C@H]2C[C@@H](c3nc(-c4ccc5ccc(-c6ccccc6)nc5c4)c4c(N)nccn43)C2)CC1. The molecule has 7 rings (SSSR count). The standard InChI is InChI=1S/C31H33N7/c1-2-36-14-16-37(17-15-36)25-18-24(19-25)31-35-28(29-30(32)33-12-13-38(29)31)23-9-8-22-10-11-26(34-27(22)20-23)21-6-4-3-5-7-21/h3-13,20,24-25H,2,14-19H2,1H3,(H2,32,33)/t24-,25+. The molecule has 7 heteroatoms. The number of benzene rings is 2. The van der Waals surface area contributed by atoms with Crippen LogP contribution < -0.4 is 5.73 Å². The van der Waals surface area contributed by atoms with E-state index in [9.17, 15) is 0 Å². The molecule has 4 heterocycles. The lowest BCUT2D eigenvalue weighted by Gasteiger charge is -2.46. The Labute approximate surface area is 223 Å². The molecule has 7 nitrogen and oxygen atoms in total. The Morgan fingerprint density at radius 3 is 2.47 bits per heavy atom. The molecule has 0 unspecified atom stereocenters. The van der Waals surface area contributed by atoms with E-state index in [-0.39, 0.29) is 0 Å². The van der Waals surface area contributed by atoms with Crippen molar-refractivity contribution < 1.29 is 0 Å². The van der Waals surface area contributed by atoms with E-state index in [0.29, 0.717) is 17.8 Å². The lowest BCUT2D eigenvalue weighted by atomic mass is 9.78. The highest BCUT2D eigenvalue weighted by molar-refractivity contribution is 5.91.